The molecule has 0 aliphatic carbocycles. The number of esters is 1. The van der Waals surface area contributed by atoms with Gasteiger partial charge in [0.1, 0.15) is 6.04 Å². The zero-order valence-corrected chi connectivity index (χ0v) is 16.4. The summed E-state index contributed by atoms with van der Waals surface area (Å²) in [6.45, 7) is 2.38. The van der Waals surface area contributed by atoms with Gasteiger partial charge in [0, 0.05) is 19.3 Å². The van der Waals surface area contributed by atoms with E-state index in [2.05, 4.69) is 10.2 Å². The minimum Gasteiger partial charge on any atom is -0.449 e. The molecule has 0 radical (unpaired) electrons. The van der Waals surface area contributed by atoms with Gasteiger partial charge in [0.05, 0.1) is 16.9 Å². The van der Waals surface area contributed by atoms with Crippen molar-refractivity contribution in [3.05, 3.63) is 54.1 Å². The number of hydrogen-bond donors (Lipinski definition) is 1. The van der Waals surface area contributed by atoms with Gasteiger partial charge in [-0.05, 0) is 50.1 Å². The molecule has 2 amide bonds. The van der Waals surface area contributed by atoms with Crippen LogP contribution in [-0.2, 0) is 14.3 Å². The van der Waals surface area contributed by atoms with Crippen molar-refractivity contribution in [2.45, 2.75) is 31.9 Å². The summed E-state index contributed by atoms with van der Waals surface area (Å²) < 4.78 is 5.39. The molecule has 2 aromatic carbocycles. The van der Waals surface area contributed by atoms with Crippen LogP contribution < -0.4 is 15.1 Å². The molecule has 0 saturated carbocycles. The van der Waals surface area contributed by atoms with Crippen molar-refractivity contribution in [3.8, 4) is 0 Å². The van der Waals surface area contributed by atoms with Gasteiger partial charge in [0.15, 0.2) is 6.10 Å². The molecule has 2 atom stereocenters. The minimum absolute atomic E-state index is 0.0476. The molecular weight excluding hydrogens is 370 g/mol. The Balaban J connectivity index is 1.47. The number of carbonyl (C=O) groups is 3. The van der Waals surface area contributed by atoms with Crippen LogP contribution in [0.5, 0.6) is 0 Å². The molecule has 1 N–H and O–H groups in total. The van der Waals surface area contributed by atoms with Gasteiger partial charge in [0.25, 0.3) is 5.91 Å². The smallest absolute Gasteiger partial charge is 0.338 e. The lowest BCUT2D eigenvalue weighted by Crippen LogP contribution is -2.44. The van der Waals surface area contributed by atoms with Crippen LogP contribution in [-0.4, -0.2) is 43.5 Å². The molecule has 7 heteroatoms. The fourth-order valence-electron chi connectivity index (χ4n) is 3.89. The molecule has 2 aliphatic heterocycles. The predicted octanol–water partition coefficient (Wildman–Crippen LogP) is 2.82. The molecule has 2 heterocycles. The highest BCUT2D eigenvalue weighted by atomic mass is 16.5. The lowest BCUT2D eigenvalue weighted by Gasteiger charge is -2.33. The number of likely N-dealkylation sites (N-methyl/N-ethyl adjacent to an activating group) is 1. The number of rotatable bonds is 4. The molecule has 0 spiro atoms. The van der Waals surface area contributed by atoms with Gasteiger partial charge in [-0.1, -0.05) is 18.2 Å². The molecule has 29 heavy (non-hydrogen) atoms. The third kappa shape index (κ3) is 3.55. The summed E-state index contributed by atoms with van der Waals surface area (Å²) in [5.41, 5.74) is 2.53. The first kappa shape index (κ1) is 19.0. The van der Waals surface area contributed by atoms with Gasteiger partial charge in [-0.25, -0.2) is 4.79 Å². The van der Waals surface area contributed by atoms with Crippen molar-refractivity contribution in [1.82, 2.24) is 0 Å². The molecule has 150 valence electrons. The van der Waals surface area contributed by atoms with Crippen molar-refractivity contribution >= 4 is 34.8 Å². The SMILES string of the molecule is C[C@H](OC(=O)c1ccc2c(c1)NC(=O)[C@H]1CCCN21)C(=O)N(C)c1ccccc1. The van der Waals surface area contributed by atoms with E-state index >= 15 is 0 Å². The van der Waals surface area contributed by atoms with E-state index in [-0.39, 0.29) is 17.9 Å². The molecule has 0 bridgehead atoms. The molecular formula is C22H23N3O4. The Labute approximate surface area is 169 Å². The lowest BCUT2D eigenvalue weighted by molar-refractivity contribution is -0.126. The van der Waals surface area contributed by atoms with Crippen LogP contribution >= 0.6 is 0 Å². The second-order valence-electron chi connectivity index (χ2n) is 7.35. The van der Waals surface area contributed by atoms with Crippen molar-refractivity contribution in [2.24, 2.45) is 0 Å². The molecule has 1 saturated heterocycles. The summed E-state index contributed by atoms with van der Waals surface area (Å²) in [7, 11) is 1.64. The number of ether oxygens (including phenoxy) is 1. The standard InChI is InChI=1S/C22H23N3O4/c1-14(21(27)24(2)16-7-4-3-5-8-16)29-22(28)15-10-11-18-17(13-15)23-20(26)19-9-6-12-25(18)19/h3-5,7-8,10-11,13-14,19H,6,9,12H2,1-2H3,(H,23,26)/t14-,19+/m0/s1. The van der Waals surface area contributed by atoms with Crippen molar-refractivity contribution in [1.29, 1.82) is 0 Å². The van der Waals surface area contributed by atoms with Gasteiger partial charge in [-0.2, -0.15) is 0 Å². The monoisotopic (exact) mass is 393 g/mol. The second kappa shape index (κ2) is 7.58. The summed E-state index contributed by atoms with van der Waals surface area (Å²) in [6.07, 6.45) is 0.862. The first-order valence-electron chi connectivity index (χ1n) is 9.71. The van der Waals surface area contributed by atoms with Crippen molar-refractivity contribution in [3.63, 3.8) is 0 Å². The molecule has 1 fully saturated rings. The predicted molar refractivity (Wildman–Crippen MR) is 110 cm³/mol. The molecule has 0 unspecified atom stereocenters. The van der Waals surface area contributed by atoms with Gasteiger partial charge in [0.2, 0.25) is 5.91 Å². The normalized spacial score (nSPS) is 18.3. The zero-order chi connectivity index (χ0) is 20.5. The van der Waals surface area contributed by atoms with Gasteiger partial charge in [-0.15, -0.1) is 0 Å². The minimum atomic E-state index is -0.943. The summed E-state index contributed by atoms with van der Waals surface area (Å²) in [4.78, 5) is 41.0. The quantitative estimate of drug-likeness (QED) is 0.808. The van der Waals surface area contributed by atoms with Crippen LogP contribution in [0.1, 0.15) is 30.1 Å². The number of benzene rings is 2. The van der Waals surface area contributed by atoms with Crippen LogP contribution in [0, 0.1) is 0 Å². The maximum Gasteiger partial charge on any atom is 0.338 e. The average molecular weight is 393 g/mol. The number of nitrogens with one attached hydrogen (secondary N) is 1. The summed E-state index contributed by atoms with van der Waals surface area (Å²) in [6, 6.07) is 14.1. The van der Waals surface area contributed by atoms with Crippen molar-refractivity contribution in [2.75, 3.05) is 28.7 Å². The molecule has 2 aliphatic rings. The molecule has 0 aromatic heterocycles. The second-order valence-corrected chi connectivity index (χ2v) is 7.35. The number of para-hydroxylation sites is 1. The highest BCUT2D eigenvalue weighted by Crippen LogP contribution is 2.37. The van der Waals surface area contributed by atoms with Crippen LogP contribution in [0.25, 0.3) is 0 Å². The van der Waals surface area contributed by atoms with Crippen LogP contribution in [0.3, 0.4) is 0 Å². The third-order valence-electron chi connectivity index (χ3n) is 5.46. The topological polar surface area (TPSA) is 79.0 Å². The average Bonchev–Trinajstić information content (AvgIpc) is 3.23. The van der Waals surface area contributed by atoms with Gasteiger partial charge < -0.3 is 19.9 Å². The largest absolute Gasteiger partial charge is 0.449 e. The maximum atomic E-state index is 12.6. The first-order chi connectivity index (χ1) is 14.0. The number of nitrogens with zero attached hydrogens (tertiary/aromatic N) is 2. The Kier molecular flexibility index (Phi) is 4.96. The fourth-order valence-corrected chi connectivity index (χ4v) is 3.89. The Morgan fingerprint density at radius 3 is 2.72 bits per heavy atom. The van der Waals surface area contributed by atoms with E-state index in [4.69, 9.17) is 4.74 Å². The third-order valence-corrected chi connectivity index (χ3v) is 5.46. The number of amides is 2. The fraction of sp³-hybridized carbons (Fsp3) is 0.318. The number of hydrogen-bond acceptors (Lipinski definition) is 5. The van der Waals surface area contributed by atoms with E-state index in [0.29, 0.717) is 11.3 Å². The van der Waals surface area contributed by atoms with E-state index in [1.165, 1.54) is 4.90 Å². The summed E-state index contributed by atoms with van der Waals surface area (Å²) in [5.74, 6) is -0.975. The van der Waals surface area contributed by atoms with E-state index in [1.54, 1.807) is 26.1 Å². The summed E-state index contributed by atoms with van der Waals surface area (Å²) in [5, 5.41) is 2.88. The van der Waals surface area contributed by atoms with Gasteiger partial charge >= 0.3 is 5.97 Å². The van der Waals surface area contributed by atoms with E-state index in [0.717, 1.165) is 30.8 Å². The van der Waals surface area contributed by atoms with Crippen LogP contribution in [0.15, 0.2) is 48.5 Å². The zero-order valence-electron chi connectivity index (χ0n) is 16.4. The number of fused-ring (bicyclic) bond motifs is 3. The Morgan fingerprint density at radius 1 is 1.21 bits per heavy atom. The Bertz CT molecular complexity index is 960. The molecule has 7 nitrogen and oxygen atoms in total. The number of carbonyl (C=O) groups excluding carboxylic acids is 3. The summed E-state index contributed by atoms with van der Waals surface area (Å²) >= 11 is 0. The van der Waals surface area contributed by atoms with E-state index in [9.17, 15) is 14.4 Å². The van der Waals surface area contributed by atoms with Crippen molar-refractivity contribution < 1.29 is 19.1 Å². The number of anilines is 3. The highest BCUT2D eigenvalue weighted by Gasteiger charge is 2.36. The first-order valence-corrected chi connectivity index (χ1v) is 9.71. The maximum absolute atomic E-state index is 12.6. The van der Waals surface area contributed by atoms with Crippen LogP contribution in [0.2, 0.25) is 0 Å². The lowest BCUT2D eigenvalue weighted by atomic mass is 10.1. The Hall–Kier alpha value is -3.35. The molecule has 2 aromatic rings. The van der Waals surface area contributed by atoms with E-state index in [1.807, 2.05) is 36.4 Å². The molecule has 4 rings (SSSR count). The van der Waals surface area contributed by atoms with Crippen LogP contribution in [0.4, 0.5) is 17.1 Å². The van der Waals surface area contributed by atoms with Gasteiger partial charge in [-0.3, -0.25) is 9.59 Å². The highest BCUT2D eigenvalue weighted by molar-refractivity contribution is 6.06. The Morgan fingerprint density at radius 2 is 1.97 bits per heavy atom. The van der Waals surface area contributed by atoms with E-state index < -0.39 is 12.1 Å².